The maximum atomic E-state index is 12.5. The average molecular weight is 304 g/mol. The van der Waals surface area contributed by atoms with Gasteiger partial charge in [0.25, 0.3) is 5.91 Å². The Balaban J connectivity index is 1.71. The second-order valence-corrected chi connectivity index (χ2v) is 6.27. The number of nitrogens with one attached hydrogen (secondary N) is 2. The molecule has 5 nitrogen and oxygen atoms in total. The third-order valence-electron chi connectivity index (χ3n) is 3.88. The molecule has 0 aromatic carbocycles. The second-order valence-electron chi connectivity index (χ2n) is 5.35. The van der Waals surface area contributed by atoms with Crippen molar-refractivity contribution in [1.82, 2.24) is 20.2 Å². The standard InChI is InChI=1S/C15H20N4OS/c1-11(15-17-8-10-21-15)18-14(20)13-3-2-9-19(13)12-4-6-16-7-5-12/h2-3,8-12,16H,4-7H2,1H3,(H,18,20). The molecule has 3 heterocycles. The van der Waals surface area contributed by atoms with Crippen LogP contribution in [0.25, 0.3) is 0 Å². The molecule has 2 aromatic heterocycles. The van der Waals surface area contributed by atoms with E-state index in [4.69, 9.17) is 0 Å². The highest BCUT2D eigenvalue weighted by Gasteiger charge is 2.21. The molecule has 2 N–H and O–H groups in total. The van der Waals surface area contributed by atoms with Crippen molar-refractivity contribution in [2.24, 2.45) is 0 Å². The SMILES string of the molecule is CC(NC(=O)c1cccn1C1CCNCC1)c1nccs1. The molecule has 0 spiro atoms. The average Bonchev–Trinajstić information content (AvgIpc) is 3.19. The Morgan fingerprint density at radius 1 is 1.52 bits per heavy atom. The van der Waals surface area contributed by atoms with Gasteiger partial charge >= 0.3 is 0 Å². The maximum absolute atomic E-state index is 12.5. The lowest BCUT2D eigenvalue weighted by atomic mass is 10.1. The lowest BCUT2D eigenvalue weighted by Gasteiger charge is -2.26. The molecule has 21 heavy (non-hydrogen) atoms. The van der Waals surface area contributed by atoms with Crippen LogP contribution in [0, 0.1) is 0 Å². The highest BCUT2D eigenvalue weighted by Crippen LogP contribution is 2.22. The zero-order valence-corrected chi connectivity index (χ0v) is 12.9. The van der Waals surface area contributed by atoms with Gasteiger partial charge in [0.1, 0.15) is 10.7 Å². The summed E-state index contributed by atoms with van der Waals surface area (Å²) >= 11 is 1.56. The molecular weight excluding hydrogens is 284 g/mol. The van der Waals surface area contributed by atoms with Crippen molar-refractivity contribution >= 4 is 17.2 Å². The molecule has 2 aromatic rings. The first-order valence-corrected chi connectivity index (χ1v) is 8.21. The van der Waals surface area contributed by atoms with Gasteiger partial charge in [0.15, 0.2) is 0 Å². The number of piperidine rings is 1. The lowest BCUT2D eigenvalue weighted by Crippen LogP contribution is -2.33. The summed E-state index contributed by atoms with van der Waals surface area (Å²) in [5, 5.41) is 9.25. The first-order chi connectivity index (χ1) is 10.3. The van der Waals surface area contributed by atoms with Gasteiger partial charge in [-0.2, -0.15) is 0 Å². The fraction of sp³-hybridized carbons (Fsp3) is 0.467. The van der Waals surface area contributed by atoms with Crippen molar-refractivity contribution in [3.8, 4) is 0 Å². The van der Waals surface area contributed by atoms with E-state index in [1.165, 1.54) is 0 Å². The van der Waals surface area contributed by atoms with Crippen molar-refractivity contribution in [2.75, 3.05) is 13.1 Å². The van der Waals surface area contributed by atoms with E-state index in [0.29, 0.717) is 6.04 Å². The van der Waals surface area contributed by atoms with Gasteiger partial charge < -0.3 is 15.2 Å². The van der Waals surface area contributed by atoms with Crippen LogP contribution in [0.4, 0.5) is 0 Å². The van der Waals surface area contributed by atoms with E-state index in [-0.39, 0.29) is 11.9 Å². The highest BCUT2D eigenvalue weighted by molar-refractivity contribution is 7.09. The number of carbonyl (C=O) groups is 1. The summed E-state index contributed by atoms with van der Waals surface area (Å²) in [5.41, 5.74) is 0.741. The molecule has 1 amide bonds. The normalized spacial score (nSPS) is 17.6. The van der Waals surface area contributed by atoms with Crippen molar-refractivity contribution < 1.29 is 4.79 Å². The molecule has 0 aliphatic carbocycles. The van der Waals surface area contributed by atoms with Crippen LogP contribution in [0.2, 0.25) is 0 Å². The van der Waals surface area contributed by atoms with Crippen LogP contribution >= 0.6 is 11.3 Å². The highest BCUT2D eigenvalue weighted by atomic mass is 32.1. The lowest BCUT2D eigenvalue weighted by molar-refractivity contribution is 0.0927. The van der Waals surface area contributed by atoms with E-state index in [1.54, 1.807) is 17.5 Å². The Bertz CT molecular complexity index is 587. The number of rotatable bonds is 4. The minimum absolute atomic E-state index is 0.0266. The van der Waals surface area contributed by atoms with E-state index < -0.39 is 0 Å². The Hall–Kier alpha value is -1.66. The summed E-state index contributed by atoms with van der Waals surface area (Å²) in [6.07, 6.45) is 5.91. The smallest absolute Gasteiger partial charge is 0.268 e. The zero-order chi connectivity index (χ0) is 14.7. The van der Waals surface area contributed by atoms with E-state index >= 15 is 0 Å². The molecule has 112 valence electrons. The summed E-state index contributed by atoms with van der Waals surface area (Å²) in [5.74, 6) is -0.0266. The van der Waals surface area contributed by atoms with Crippen molar-refractivity contribution in [3.63, 3.8) is 0 Å². The molecule has 3 rings (SSSR count). The van der Waals surface area contributed by atoms with Crippen LogP contribution < -0.4 is 10.6 Å². The summed E-state index contributed by atoms with van der Waals surface area (Å²) in [7, 11) is 0. The zero-order valence-electron chi connectivity index (χ0n) is 12.1. The van der Waals surface area contributed by atoms with E-state index in [1.807, 2.05) is 30.6 Å². The van der Waals surface area contributed by atoms with Gasteiger partial charge in [0.2, 0.25) is 0 Å². The third kappa shape index (κ3) is 3.16. The summed E-state index contributed by atoms with van der Waals surface area (Å²) in [6.45, 7) is 3.99. The number of amides is 1. The minimum Gasteiger partial charge on any atom is -0.342 e. The fourth-order valence-corrected chi connectivity index (χ4v) is 3.42. The monoisotopic (exact) mass is 304 g/mol. The molecule has 1 fully saturated rings. The van der Waals surface area contributed by atoms with Gasteiger partial charge in [-0.05, 0) is 45.0 Å². The molecule has 6 heteroatoms. The third-order valence-corrected chi connectivity index (χ3v) is 4.84. The molecule has 1 unspecified atom stereocenters. The van der Waals surface area contributed by atoms with Crippen molar-refractivity contribution in [2.45, 2.75) is 31.8 Å². The van der Waals surface area contributed by atoms with Crippen molar-refractivity contribution in [1.29, 1.82) is 0 Å². The first-order valence-electron chi connectivity index (χ1n) is 7.33. The molecule has 0 bridgehead atoms. The molecular formula is C15H20N4OS. The summed E-state index contributed by atoms with van der Waals surface area (Å²) < 4.78 is 2.12. The Kier molecular flexibility index (Phi) is 4.36. The van der Waals surface area contributed by atoms with Crippen LogP contribution in [-0.4, -0.2) is 28.5 Å². The Labute approximate surface area is 128 Å². The van der Waals surface area contributed by atoms with E-state index in [9.17, 15) is 4.79 Å². The number of hydrogen-bond acceptors (Lipinski definition) is 4. The molecule has 1 saturated heterocycles. The van der Waals surface area contributed by atoms with E-state index in [0.717, 1.165) is 36.6 Å². The Morgan fingerprint density at radius 2 is 2.33 bits per heavy atom. The molecule has 1 atom stereocenters. The van der Waals surface area contributed by atoms with Gasteiger partial charge in [0, 0.05) is 23.8 Å². The van der Waals surface area contributed by atoms with Gasteiger partial charge in [-0.3, -0.25) is 4.79 Å². The topological polar surface area (TPSA) is 59.0 Å². The Morgan fingerprint density at radius 3 is 3.05 bits per heavy atom. The van der Waals surface area contributed by atoms with Crippen LogP contribution in [-0.2, 0) is 0 Å². The van der Waals surface area contributed by atoms with Crippen LogP contribution in [0.5, 0.6) is 0 Å². The van der Waals surface area contributed by atoms with Crippen LogP contribution in [0.3, 0.4) is 0 Å². The molecule has 0 saturated carbocycles. The van der Waals surface area contributed by atoms with E-state index in [2.05, 4.69) is 20.2 Å². The first kappa shape index (κ1) is 14.3. The minimum atomic E-state index is -0.0612. The number of aromatic nitrogens is 2. The number of hydrogen-bond donors (Lipinski definition) is 2. The molecule has 0 radical (unpaired) electrons. The number of carbonyl (C=O) groups excluding carboxylic acids is 1. The van der Waals surface area contributed by atoms with Crippen LogP contribution in [0.15, 0.2) is 29.9 Å². The summed E-state index contributed by atoms with van der Waals surface area (Å²) in [6, 6.07) is 4.20. The van der Waals surface area contributed by atoms with Gasteiger partial charge in [-0.1, -0.05) is 0 Å². The predicted molar refractivity (Wildman–Crippen MR) is 83.6 cm³/mol. The molecule has 1 aliphatic heterocycles. The number of thiazole rings is 1. The van der Waals surface area contributed by atoms with Gasteiger partial charge in [-0.25, -0.2) is 4.98 Å². The number of nitrogens with zero attached hydrogens (tertiary/aromatic N) is 2. The van der Waals surface area contributed by atoms with Gasteiger partial charge in [0.05, 0.1) is 6.04 Å². The van der Waals surface area contributed by atoms with Crippen molar-refractivity contribution in [3.05, 3.63) is 40.6 Å². The van der Waals surface area contributed by atoms with Gasteiger partial charge in [-0.15, -0.1) is 11.3 Å². The predicted octanol–water partition coefficient (Wildman–Crippen LogP) is 2.36. The summed E-state index contributed by atoms with van der Waals surface area (Å²) in [4.78, 5) is 16.8. The largest absolute Gasteiger partial charge is 0.342 e. The quantitative estimate of drug-likeness (QED) is 0.911. The fourth-order valence-electron chi connectivity index (χ4n) is 2.77. The van der Waals surface area contributed by atoms with Crippen LogP contribution in [0.1, 0.15) is 47.3 Å². The maximum Gasteiger partial charge on any atom is 0.268 e. The molecule has 1 aliphatic rings. The second kappa shape index (κ2) is 6.41.